The lowest BCUT2D eigenvalue weighted by Gasteiger charge is -2.33. The smallest absolute Gasteiger partial charge is 0.407 e. The second-order valence-electron chi connectivity index (χ2n) is 7.56. The van der Waals surface area contributed by atoms with Gasteiger partial charge in [0.25, 0.3) is 5.91 Å². The maximum Gasteiger partial charge on any atom is 0.407 e. The first-order chi connectivity index (χ1) is 12.2. The van der Waals surface area contributed by atoms with Crippen molar-refractivity contribution < 1.29 is 19.1 Å². The highest BCUT2D eigenvalue weighted by Crippen LogP contribution is 2.20. The number of benzene rings is 1. The van der Waals surface area contributed by atoms with E-state index in [0.29, 0.717) is 5.56 Å². The Balaban J connectivity index is 2.03. The lowest BCUT2D eigenvalue weighted by molar-refractivity contribution is 0.0474. The third-order valence-corrected chi connectivity index (χ3v) is 4.19. The third kappa shape index (κ3) is 5.75. The van der Waals surface area contributed by atoms with Crippen molar-refractivity contribution in [2.45, 2.75) is 64.1 Å². The summed E-state index contributed by atoms with van der Waals surface area (Å²) in [5, 5.41) is 5.82. The van der Waals surface area contributed by atoms with Crippen LogP contribution < -0.4 is 16.4 Å². The Morgan fingerprint density at radius 2 is 1.62 bits per heavy atom. The fraction of sp³-hybridized carbons (Fsp3) is 0.526. The zero-order valence-corrected chi connectivity index (χ0v) is 15.5. The number of nitrogens with two attached hydrogens (primary N) is 1. The molecule has 1 aromatic carbocycles. The van der Waals surface area contributed by atoms with Crippen LogP contribution in [0.15, 0.2) is 24.3 Å². The molecule has 7 nitrogen and oxygen atoms in total. The number of alkyl carbamates (subject to hydrolysis) is 1. The number of hydrogen-bond acceptors (Lipinski definition) is 4. The number of nitrogens with one attached hydrogen (secondary N) is 2. The van der Waals surface area contributed by atoms with Gasteiger partial charge in [-0.15, -0.1) is 0 Å². The molecule has 1 saturated carbocycles. The molecule has 1 aromatic rings. The Morgan fingerprint density at radius 3 is 2.19 bits per heavy atom. The van der Waals surface area contributed by atoms with Crippen LogP contribution in [0.4, 0.5) is 4.79 Å². The molecule has 26 heavy (non-hydrogen) atoms. The van der Waals surface area contributed by atoms with Crippen LogP contribution >= 0.6 is 0 Å². The largest absolute Gasteiger partial charge is 0.444 e. The average molecular weight is 361 g/mol. The number of ether oxygens (including phenoxy) is 1. The monoisotopic (exact) mass is 361 g/mol. The highest BCUT2D eigenvalue weighted by molar-refractivity contribution is 5.99. The molecule has 0 bridgehead atoms. The van der Waals surface area contributed by atoms with Crippen LogP contribution in [0.3, 0.4) is 0 Å². The zero-order chi connectivity index (χ0) is 19.3. The number of primary amides is 1. The van der Waals surface area contributed by atoms with E-state index in [4.69, 9.17) is 10.5 Å². The Hall–Kier alpha value is -2.57. The van der Waals surface area contributed by atoms with Crippen LogP contribution in [0.25, 0.3) is 0 Å². The van der Waals surface area contributed by atoms with Gasteiger partial charge in [-0.3, -0.25) is 9.59 Å². The molecule has 2 rings (SSSR count). The number of hydrogen-bond donors (Lipinski definition) is 3. The van der Waals surface area contributed by atoms with Crippen molar-refractivity contribution in [2.24, 2.45) is 5.73 Å². The van der Waals surface area contributed by atoms with Gasteiger partial charge in [-0.05, 0) is 51.8 Å². The second kappa shape index (κ2) is 8.21. The average Bonchev–Trinajstić information content (AvgIpc) is 2.55. The second-order valence-corrected chi connectivity index (χ2v) is 7.56. The van der Waals surface area contributed by atoms with Crippen molar-refractivity contribution in [3.05, 3.63) is 35.4 Å². The van der Waals surface area contributed by atoms with Crippen LogP contribution in [0.2, 0.25) is 0 Å². The van der Waals surface area contributed by atoms with Crippen LogP contribution in [0.5, 0.6) is 0 Å². The Kier molecular flexibility index (Phi) is 6.23. The molecule has 1 aliphatic carbocycles. The van der Waals surface area contributed by atoms with Gasteiger partial charge in [0.2, 0.25) is 5.91 Å². The van der Waals surface area contributed by atoms with Gasteiger partial charge in [-0.1, -0.05) is 18.9 Å². The van der Waals surface area contributed by atoms with Gasteiger partial charge in [0, 0.05) is 17.2 Å². The molecular formula is C19H27N3O4. The van der Waals surface area contributed by atoms with Crippen molar-refractivity contribution in [3.8, 4) is 0 Å². The molecule has 1 aliphatic rings. The minimum absolute atomic E-state index is 0.193. The van der Waals surface area contributed by atoms with Gasteiger partial charge < -0.3 is 21.1 Å². The quantitative estimate of drug-likeness (QED) is 0.764. The van der Waals surface area contributed by atoms with E-state index >= 15 is 0 Å². The summed E-state index contributed by atoms with van der Waals surface area (Å²) >= 11 is 0. The first-order valence-corrected chi connectivity index (χ1v) is 8.86. The standard InChI is InChI=1S/C19H27N3O4/c1-19(2,3)26-18(25)22-15-10-5-4-9-14(15)21-17(24)13-8-6-7-12(11-13)16(20)23/h6-8,11,14-15H,4-5,9-10H2,1-3H3,(H2,20,23)(H,21,24)(H,22,25)/t14-,15-/m1/s1. The first kappa shape index (κ1) is 19.8. The van der Waals surface area contributed by atoms with E-state index in [1.165, 1.54) is 6.07 Å². The van der Waals surface area contributed by atoms with Crippen LogP contribution in [0.1, 0.15) is 67.2 Å². The lowest BCUT2D eigenvalue weighted by atomic mass is 9.90. The van der Waals surface area contributed by atoms with Crippen LogP contribution in [-0.2, 0) is 4.74 Å². The summed E-state index contributed by atoms with van der Waals surface area (Å²) in [4.78, 5) is 35.9. The minimum atomic E-state index is -0.582. The molecule has 0 spiro atoms. The highest BCUT2D eigenvalue weighted by atomic mass is 16.6. The van der Waals surface area contributed by atoms with E-state index in [1.54, 1.807) is 39.0 Å². The highest BCUT2D eigenvalue weighted by Gasteiger charge is 2.29. The fourth-order valence-electron chi connectivity index (χ4n) is 3.00. The van der Waals surface area contributed by atoms with Crippen molar-refractivity contribution in [1.29, 1.82) is 0 Å². The molecule has 3 amide bonds. The van der Waals surface area contributed by atoms with Crippen molar-refractivity contribution in [3.63, 3.8) is 0 Å². The maximum absolute atomic E-state index is 12.5. The van der Waals surface area contributed by atoms with E-state index in [9.17, 15) is 14.4 Å². The maximum atomic E-state index is 12.5. The van der Waals surface area contributed by atoms with E-state index in [2.05, 4.69) is 10.6 Å². The Labute approximate surface area is 153 Å². The molecule has 142 valence electrons. The van der Waals surface area contributed by atoms with Crippen molar-refractivity contribution >= 4 is 17.9 Å². The van der Waals surface area contributed by atoms with Crippen LogP contribution in [-0.4, -0.2) is 35.6 Å². The predicted molar refractivity (Wildman–Crippen MR) is 97.8 cm³/mol. The molecule has 0 aromatic heterocycles. The molecular weight excluding hydrogens is 334 g/mol. The van der Waals surface area contributed by atoms with Gasteiger partial charge in [-0.2, -0.15) is 0 Å². The Morgan fingerprint density at radius 1 is 1.04 bits per heavy atom. The molecule has 0 radical (unpaired) electrons. The predicted octanol–water partition coefficient (Wildman–Crippen LogP) is 2.35. The normalized spacial score (nSPS) is 20.1. The fourth-order valence-corrected chi connectivity index (χ4v) is 3.00. The Bertz CT molecular complexity index is 682. The van der Waals surface area contributed by atoms with Crippen molar-refractivity contribution in [1.82, 2.24) is 10.6 Å². The minimum Gasteiger partial charge on any atom is -0.444 e. The van der Waals surface area contributed by atoms with Gasteiger partial charge in [0.15, 0.2) is 0 Å². The summed E-state index contributed by atoms with van der Waals surface area (Å²) in [6.45, 7) is 5.41. The molecule has 0 unspecified atom stereocenters. The summed E-state index contributed by atoms with van der Waals surface area (Å²) in [6.07, 6.45) is 3.00. The van der Waals surface area contributed by atoms with Crippen molar-refractivity contribution in [2.75, 3.05) is 0 Å². The van der Waals surface area contributed by atoms with E-state index in [-0.39, 0.29) is 23.6 Å². The first-order valence-electron chi connectivity index (χ1n) is 8.86. The molecule has 4 N–H and O–H groups in total. The molecule has 0 saturated heterocycles. The summed E-state index contributed by atoms with van der Waals surface area (Å²) in [5.41, 5.74) is 5.33. The summed E-state index contributed by atoms with van der Waals surface area (Å²) in [7, 11) is 0. The SMILES string of the molecule is CC(C)(C)OC(=O)N[C@@H]1CCCC[C@H]1NC(=O)c1cccc(C(N)=O)c1. The molecule has 0 aliphatic heterocycles. The van der Waals surface area contributed by atoms with E-state index in [1.807, 2.05) is 0 Å². The van der Waals surface area contributed by atoms with E-state index < -0.39 is 17.6 Å². The summed E-state index contributed by atoms with van der Waals surface area (Å²) < 4.78 is 5.31. The van der Waals surface area contributed by atoms with E-state index in [0.717, 1.165) is 25.7 Å². The third-order valence-electron chi connectivity index (χ3n) is 4.19. The lowest BCUT2D eigenvalue weighted by Crippen LogP contribution is -2.53. The van der Waals surface area contributed by atoms with Gasteiger partial charge >= 0.3 is 6.09 Å². The van der Waals surface area contributed by atoms with Gasteiger partial charge in [0.05, 0.1) is 6.04 Å². The zero-order valence-electron chi connectivity index (χ0n) is 15.5. The molecule has 1 fully saturated rings. The number of amides is 3. The summed E-state index contributed by atoms with van der Waals surface area (Å²) in [5.74, 6) is -0.877. The molecule has 2 atom stereocenters. The molecule has 7 heteroatoms. The number of rotatable bonds is 4. The van der Waals surface area contributed by atoms with Gasteiger partial charge in [0.1, 0.15) is 5.60 Å². The molecule has 0 heterocycles. The number of carbonyl (C=O) groups is 3. The number of carbonyl (C=O) groups excluding carboxylic acids is 3. The summed E-state index contributed by atoms with van der Waals surface area (Å²) in [6, 6.07) is 5.89. The topological polar surface area (TPSA) is 111 Å². The van der Waals surface area contributed by atoms with Gasteiger partial charge in [-0.25, -0.2) is 4.79 Å². The van der Waals surface area contributed by atoms with Crippen LogP contribution in [0, 0.1) is 0 Å².